The lowest BCUT2D eigenvalue weighted by atomic mass is 10.0. The summed E-state index contributed by atoms with van der Waals surface area (Å²) in [6.07, 6.45) is -4.74. The Bertz CT molecular complexity index is 1370. The van der Waals surface area contributed by atoms with Gasteiger partial charge in [-0.1, -0.05) is 18.2 Å². The van der Waals surface area contributed by atoms with Crippen molar-refractivity contribution >= 4 is 23.1 Å². The van der Waals surface area contributed by atoms with Gasteiger partial charge < -0.3 is 9.47 Å². The van der Waals surface area contributed by atoms with Gasteiger partial charge in [-0.15, -0.1) is 11.3 Å². The number of ketones is 1. The number of rotatable bonds is 8. The zero-order valence-electron chi connectivity index (χ0n) is 22.3. The van der Waals surface area contributed by atoms with E-state index in [1.807, 2.05) is 0 Å². The molecule has 5 nitrogen and oxygen atoms in total. The fourth-order valence-corrected chi connectivity index (χ4v) is 4.54. The number of aromatic nitrogens is 1. The van der Waals surface area contributed by atoms with Gasteiger partial charge in [-0.05, 0) is 71.7 Å². The SMILES string of the molecule is Cc1nc(-c2ccc(C(F)(F)F)cc2)sc1C(=O)CCc1ccc(OC(C)(C)C(=O)OC(C)(C)C)c(F)c1F. The fourth-order valence-electron chi connectivity index (χ4n) is 3.50. The smallest absolute Gasteiger partial charge is 0.416 e. The van der Waals surface area contributed by atoms with Crippen molar-refractivity contribution in [3.05, 3.63) is 69.7 Å². The highest BCUT2D eigenvalue weighted by Gasteiger charge is 2.36. The first-order chi connectivity index (χ1) is 17.9. The Balaban J connectivity index is 1.70. The molecular weight excluding hydrogens is 541 g/mol. The molecule has 0 saturated carbocycles. The van der Waals surface area contributed by atoms with E-state index in [1.165, 1.54) is 38.1 Å². The molecule has 2 aromatic carbocycles. The van der Waals surface area contributed by atoms with Gasteiger partial charge in [0.1, 0.15) is 10.6 Å². The molecule has 0 aliphatic heterocycles. The third-order valence-electron chi connectivity index (χ3n) is 5.51. The maximum absolute atomic E-state index is 14.8. The molecule has 11 heteroatoms. The summed E-state index contributed by atoms with van der Waals surface area (Å²) in [6, 6.07) is 6.90. The van der Waals surface area contributed by atoms with E-state index in [1.54, 1.807) is 27.7 Å². The van der Waals surface area contributed by atoms with Crippen LogP contribution >= 0.6 is 11.3 Å². The second-order valence-electron chi connectivity index (χ2n) is 10.4. The van der Waals surface area contributed by atoms with Crippen LogP contribution in [-0.2, 0) is 22.1 Å². The van der Waals surface area contributed by atoms with E-state index in [4.69, 9.17) is 9.47 Å². The second kappa shape index (κ2) is 11.0. The number of halogens is 5. The summed E-state index contributed by atoms with van der Waals surface area (Å²) in [5, 5.41) is 0.371. The Kier molecular flexibility index (Phi) is 8.54. The molecule has 0 unspecified atom stereocenters. The summed E-state index contributed by atoms with van der Waals surface area (Å²) in [5.74, 6) is -4.09. The number of alkyl halides is 3. The number of Topliss-reactive ketones (excluding diaryl/α,β-unsaturated/α-hetero) is 1. The summed E-state index contributed by atoms with van der Waals surface area (Å²) < 4.78 is 78.8. The van der Waals surface area contributed by atoms with Crippen molar-refractivity contribution in [1.29, 1.82) is 0 Å². The van der Waals surface area contributed by atoms with Crippen LogP contribution in [0.4, 0.5) is 22.0 Å². The number of hydrogen-bond acceptors (Lipinski definition) is 6. The van der Waals surface area contributed by atoms with Crippen molar-refractivity contribution < 1.29 is 41.0 Å². The summed E-state index contributed by atoms with van der Waals surface area (Å²) >= 11 is 1.02. The number of ether oxygens (including phenoxy) is 2. The molecule has 0 atom stereocenters. The molecule has 3 aromatic rings. The minimum atomic E-state index is -4.47. The van der Waals surface area contributed by atoms with Crippen molar-refractivity contribution in [3.63, 3.8) is 0 Å². The number of benzene rings is 2. The number of carbonyl (C=O) groups excluding carboxylic acids is 2. The molecule has 210 valence electrons. The van der Waals surface area contributed by atoms with Gasteiger partial charge in [0.25, 0.3) is 0 Å². The summed E-state index contributed by atoms with van der Waals surface area (Å²) in [5.41, 5.74) is -2.43. The van der Waals surface area contributed by atoms with Crippen LogP contribution < -0.4 is 4.74 Å². The number of aryl methyl sites for hydroxylation is 2. The minimum absolute atomic E-state index is 0.0617. The lowest BCUT2D eigenvalue weighted by Gasteiger charge is -2.29. The Morgan fingerprint density at radius 2 is 1.54 bits per heavy atom. The second-order valence-corrected chi connectivity index (χ2v) is 11.4. The summed E-state index contributed by atoms with van der Waals surface area (Å²) in [7, 11) is 0. The van der Waals surface area contributed by atoms with Crippen molar-refractivity contribution in [1.82, 2.24) is 4.98 Å². The Morgan fingerprint density at radius 3 is 2.10 bits per heavy atom. The van der Waals surface area contributed by atoms with Crippen LogP contribution in [0.25, 0.3) is 10.6 Å². The van der Waals surface area contributed by atoms with E-state index in [0.717, 1.165) is 23.5 Å². The molecule has 3 rings (SSSR count). The minimum Gasteiger partial charge on any atom is -0.473 e. The molecule has 1 heterocycles. The molecule has 0 aliphatic carbocycles. The highest BCUT2D eigenvalue weighted by atomic mass is 32.1. The maximum atomic E-state index is 14.8. The zero-order chi connectivity index (χ0) is 29.3. The first-order valence-electron chi connectivity index (χ1n) is 12.0. The average Bonchev–Trinajstić information content (AvgIpc) is 3.21. The third kappa shape index (κ3) is 7.40. The van der Waals surface area contributed by atoms with E-state index in [0.29, 0.717) is 16.3 Å². The third-order valence-corrected chi connectivity index (χ3v) is 6.76. The van der Waals surface area contributed by atoms with Gasteiger partial charge in [0.2, 0.25) is 5.82 Å². The summed E-state index contributed by atoms with van der Waals surface area (Å²) in [4.78, 5) is 29.8. The van der Waals surface area contributed by atoms with Gasteiger partial charge in [0, 0.05) is 12.0 Å². The molecule has 0 N–H and O–H groups in total. The maximum Gasteiger partial charge on any atom is 0.416 e. The monoisotopic (exact) mass is 569 g/mol. The first-order valence-corrected chi connectivity index (χ1v) is 12.8. The standard InChI is InChI=1S/C28H28F5NO4S/c1-15-23(39-24(34-15)17-7-11-18(12-8-17)28(31,32)33)19(35)13-9-16-10-14-20(22(30)21(16)29)37-27(5,6)25(36)38-26(2,3)4/h7-8,10-12,14H,9,13H2,1-6H3. The van der Waals surface area contributed by atoms with Crippen molar-refractivity contribution in [2.45, 2.75) is 71.8 Å². The molecule has 0 radical (unpaired) electrons. The Hall–Kier alpha value is -3.34. The van der Waals surface area contributed by atoms with Crippen LogP contribution in [0.3, 0.4) is 0 Å². The van der Waals surface area contributed by atoms with Crippen LogP contribution in [0.2, 0.25) is 0 Å². The lowest BCUT2D eigenvalue weighted by Crippen LogP contribution is -2.43. The lowest BCUT2D eigenvalue weighted by molar-refractivity contribution is -0.171. The number of esters is 1. The highest BCUT2D eigenvalue weighted by Crippen LogP contribution is 2.34. The van der Waals surface area contributed by atoms with E-state index >= 15 is 0 Å². The van der Waals surface area contributed by atoms with Gasteiger partial charge >= 0.3 is 12.1 Å². The average molecular weight is 570 g/mol. The predicted octanol–water partition coefficient (Wildman–Crippen LogP) is 7.73. The normalized spacial score (nSPS) is 12.4. The largest absolute Gasteiger partial charge is 0.473 e. The molecule has 0 fully saturated rings. The molecule has 0 spiro atoms. The molecule has 0 amide bonds. The van der Waals surface area contributed by atoms with Gasteiger partial charge in [-0.25, -0.2) is 14.2 Å². The number of hydrogen-bond donors (Lipinski definition) is 0. The zero-order valence-corrected chi connectivity index (χ0v) is 23.1. The van der Waals surface area contributed by atoms with Gasteiger partial charge in [-0.2, -0.15) is 17.6 Å². The van der Waals surface area contributed by atoms with Crippen LogP contribution in [0.1, 0.15) is 67.5 Å². The van der Waals surface area contributed by atoms with E-state index in [-0.39, 0.29) is 29.1 Å². The molecule has 0 bridgehead atoms. The topological polar surface area (TPSA) is 65.5 Å². The molecular formula is C28H28F5NO4S. The van der Waals surface area contributed by atoms with Crippen molar-refractivity contribution in [2.75, 3.05) is 0 Å². The van der Waals surface area contributed by atoms with Gasteiger partial charge in [0.05, 0.1) is 16.1 Å². The number of thiazole rings is 1. The van der Waals surface area contributed by atoms with Gasteiger partial charge in [-0.3, -0.25) is 4.79 Å². The van der Waals surface area contributed by atoms with Crippen LogP contribution in [0.15, 0.2) is 36.4 Å². The number of nitrogens with zero attached hydrogens (tertiary/aromatic N) is 1. The molecule has 0 saturated heterocycles. The highest BCUT2D eigenvalue weighted by molar-refractivity contribution is 7.17. The first kappa shape index (κ1) is 30.2. The summed E-state index contributed by atoms with van der Waals surface area (Å²) in [6.45, 7) is 9.35. The van der Waals surface area contributed by atoms with Crippen molar-refractivity contribution in [3.8, 4) is 16.3 Å². The van der Waals surface area contributed by atoms with Crippen molar-refractivity contribution in [2.24, 2.45) is 0 Å². The molecule has 0 aliphatic rings. The van der Waals surface area contributed by atoms with Crippen LogP contribution in [-0.4, -0.2) is 27.9 Å². The van der Waals surface area contributed by atoms with E-state index < -0.39 is 46.3 Å². The van der Waals surface area contributed by atoms with E-state index in [9.17, 15) is 31.5 Å². The predicted molar refractivity (Wildman–Crippen MR) is 137 cm³/mol. The van der Waals surface area contributed by atoms with Crippen LogP contribution in [0.5, 0.6) is 5.75 Å². The Labute approximate surface area is 227 Å². The van der Waals surface area contributed by atoms with Gasteiger partial charge in [0.15, 0.2) is 23.0 Å². The van der Waals surface area contributed by atoms with E-state index in [2.05, 4.69) is 4.98 Å². The molecule has 39 heavy (non-hydrogen) atoms. The van der Waals surface area contributed by atoms with Crippen LogP contribution in [0, 0.1) is 18.6 Å². The number of carbonyl (C=O) groups is 2. The Morgan fingerprint density at radius 1 is 0.923 bits per heavy atom. The fraction of sp³-hybridized carbons (Fsp3) is 0.393. The quantitative estimate of drug-likeness (QED) is 0.158. The molecule has 1 aromatic heterocycles.